The minimum atomic E-state index is 0.166. The Bertz CT molecular complexity index is 909. The molecule has 4 rings (SSSR count). The van der Waals surface area contributed by atoms with E-state index in [-0.39, 0.29) is 5.28 Å². The van der Waals surface area contributed by atoms with Gasteiger partial charge in [0.25, 0.3) is 0 Å². The van der Waals surface area contributed by atoms with E-state index in [0.717, 1.165) is 28.0 Å². The monoisotopic (exact) mass is 321 g/mol. The van der Waals surface area contributed by atoms with Crippen LogP contribution in [0.4, 0.5) is 0 Å². The Morgan fingerprint density at radius 3 is 2.43 bits per heavy atom. The molecule has 2 heterocycles. The number of ether oxygens (including phenoxy) is 1. The molecule has 1 aliphatic rings. The lowest BCUT2D eigenvalue weighted by atomic mass is 10.1. The summed E-state index contributed by atoms with van der Waals surface area (Å²) in [5, 5.41) is 0.166. The molecule has 0 saturated heterocycles. The molecule has 23 heavy (non-hydrogen) atoms. The summed E-state index contributed by atoms with van der Waals surface area (Å²) in [5.74, 6) is 1.87. The highest BCUT2D eigenvalue weighted by Gasteiger charge is 2.18. The molecule has 3 aromatic rings. The molecular weight excluding hydrogens is 310 g/mol. The van der Waals surface area contributed by atoms with Gasteiger partial charge in [-0.1, -0.05) is 49.0 Å². The number of rotatable bonds is 2. The molecule has 5 heteroatoms. The molecule has 0 radical (unpaired) electrons. The maximum Gasteiger partial charge on any atom is 0.226 e. The summed E-state index contributed by atoms with van der Waals surface area (Å²) in [6, 6.07) is 15.5. The number of hydrogen-bond acceptors (Lipinski definition) is 4. The van der Waals surface area contributed by atoms with Gasteiger partial charge in [0.1, 0.15) is 12.4 Å². The highest BCUT2D eigenvalue weighted by atomic mass is 35.5. The van der Waals surface area contributed by atoms with Crippen molar-refractivity contribution in [2.75, 3.05) is 6.61 Å². The topological polar surface area (TPSA) is 47.9 Å². The van der Waals surface area contributed by atoms with Crippen LogP contribution in [0.1, 0.15) is 5.56 Å². The van der Waals surface area contributed by atoms with Gasteiger partial charge in [0.2, 0.25) is 5.28 Å². The number of nitrogens with zero attached hydrogens (tertiary/aromatic N) is 3. The van der Waals surface area contributed by atoms with Crippen LogP contribution >= 0.6 is 11.6 Å². The summed E-state index contributed by atoms with van der Waals surface area (Å²) in [6.45, 7) is 4.50. The molecule has 0 saturated carbocycles. The van der Waals surface area contributed by atoms with Crippen LogP contribution in [0.5, 0.6) is 5.75 Å². The fourth-order valence-electron chi connectivity index (χ4n) is 2.51. The highest BCUT2D eigenvalue weighted by molar-refractivity contribution is 6.28. The third kappa shape index (κ3) is 2.58. The molecule has 0 spiro atoms. The van der Waals surface area contributed by atoms with Gasteiger partial charge in [0.05, 0.1) is 0 Å². The first-order valence-corrected chi connectivity index (χ1v) is 7.51. The molecule has 0 amide bonds. The summed E-state index contributed by atoms with van der Waals surface area (Å²) in [4.78, 5) is 13.0. The van der Waals surface area contributed by atoms with E-state index in [1.165, 1.54) is 0 Å². The first-order valence-electron chi connectivity index (χ1n) is 7.13. The van der Waals surface area contributed by atoms with E-state index in [0.29, 0.717) is 18.3 Å². The van der Waals surface area contributed by atoms with Crippen molar-refractivity contribution in [3.8, 4) is 28.5 Å². The highest BCUT2D eigenvalue weighted by Crippen LogP contribution is 2.35. The molecule has 0 unspecified atom stereocenters. The van der Waals surface area contributed by atoms with Crippen molar-refractivity contribution in [3.05, 3.63) is 66.0 Å². The Balaban J connectivity index is 1.81. The van der Waals surface area contributed by atoms with Gasteiger partial charge in [0.15, 0.2) is 11.6 Å². The van der Waals surface area contributed by atoms with E-state index in [1.807, 2.05) is 48.5 Å². The number of benzene rings is 2. The standard InChI is InChI=1S/C18H12ClN3O/c1-11-10-23-15-9-13(7-8-14(11)15)17-20-16(21-18(19)22-17)12-5-3-2-4-6-12/h2-9H,1,10H2. The van der Waals surface area contributed by atoms with Gasteiger partial charge in [-0.15, -0.1) is 0 Å². The van der Waals surface area contributed by atoms with Crippen LogP contribution in [0, 0.1) is 0 Å². The number of aromatic nitrogens is 3. The molecule has 2 aromatic carbocycles. The fourth-order valence-corrected chi connectivity index (χ4v) is 2.67. The number of hydrogen-bond donors (Lipinski definition) is 0. The lowest BCUT2D eigenvalue weighted by Crippen LogP contribution is -1.97. The van der Waals surface area contributed by atoms with E-state index < -0.39 is 0 Å². The zero-order chi connectivity index (χ0) is 15.8. The summed E-state index contributed by atoms with van der Waals surface area (Å²) in [6.07, 6.45) is 0. The van der Waals surface area contributed by atoms with Crippen molar-refractivity contribution in [2.24, 2.45) is 0 Å². The zero-order valence-corrected chi connectivity index (χ0v) is 12.9. The molecule has 0 N–H and O–H groups in total. The summed E-state index contributed by atoms with van der Waals surface area (Å²) in [7, 11) is 0. The van der Waals surface area contributed by atoms with Crippen LogP contribution in [-0.2, 0) is 0 Å². The van der Waals surface area contributed by atoms with Gasteiger partial charge in [-0.3, -0.25) is 0 Å². The van der Waals surface area contributed by atoms with Gasteiger partial charge >= 0.3 is 0 Å². The Kier molecular flexibility index (Phi) is 3.32. The molecule has 0 fully saturated rings. The second kappa shape index (κ2) is 5.48. The Hall–Kier alpha value is -2.72. The van der Waals surface area contributed by atoms with E-state index in [9.17, 15) is 0 Å². The smallest absolute Gasteiger partial charge is 0.226 e. The van der Waals surface area contributed by atoms with Gasteiger partial charge in [0, 0.05) is 16.7 Å². The molecule has 0 aliphatic carbocycles. The molecule has 0 bridgehead atoms. The van der Waals surface area contributed by atoms with Gasteiger partial charge in [-0.2, -0.15) is 9.97 Å². The minimum Gasteiger partial charge on any atom is -0.488 e. The summed E-state index contributed by atoms with van der Waals surface area (Å²) >= 11 is 6.08. The Morgan fingerprint density at radius 1 is 0.913 bits per heavy atom. The fraction of sp³-hybridized carbons (Fsp3) is 0.0556. The van der Waals surface area contributed by atoms with E-state index >= 15 is 0 Å². The maximum absolute atomic E-state index is 6.08. The lowest BCUT2D eigenvalue weighted by Gasteiger charge is -2.06. The van der Waals surface area contributed by atoms with Gasteiger partial charge in [-0.05, 0) is 23.2 Å². The first-order chi connectivity index (χ1) is 11.2. The molecule has 1 aromatic heterocycles. The lowest BCUT2D eigenvalue weighted by molar-refractivity contribution is 0.389. The third-order valence-electron chi connectivity index (χ3n) is 3.66. The molecule has 112 valence electrons. The van der Waals surface area contributed by atoms with Gasteiger partial charge in [-0.25, -0.2) is 4.98 Å². The zero-order valence-electron chi connectivity index (χ0n) is 12.2. The largest absolute Gasteiger partial charge is 0.488 e. The average Bonchev–Trinajstić information content (AvgIpc) is 2.96. The van der Waals surface area contributed by atoms with E-state index in [2.05, 4.69) is 21.5 Å². The van der Waals surface area contributed by atoms with Gasteiger partial charge < -0.3 is 4.74 Å². The minimum absolute atomic E-state index is 0.166. The predicted octanol–water partition coefficient (Wildman–Crippen LogP) is 4.26. The van der Waals surface area contributed by atoms with Crippen LogP contribution in [-0.4, -0.2) is 21.6 Å². The molecule has 1 aliphatic heterocycles. The van der Waals surface area contributed by atoms with Crippen molar-refractivity contribution < 1.29 is 4.74 Å². The Morgan fingerprint density at radius 2 is 1.65 bits per heavy atom. The van der Waals surface area contributed by atoms with E-state index in [1.54, 1.807) is 0 Å². The quantitative estimate of drug-likeness (QED) is 0.707. The maximum atomic E-state index is 6.08. The summed E-state index contributed by atoms with van der Waals surface area (Å²) < 4.78 is 5.61. The SMILES string of the molecule is C=C1COc2cc(-c3nc(Cl)nc(-c4ccccc4)n3)ccc21. The van der Waals surface area contributed by atoms with Crippen LogP contribution in [0.2, 0.25) is 5.28 Å². The van der Waals surface area contributed by atoms with Crippen LogP contribution in [0.15, 0.2) is 55.1 Å². The second-order valence-electron chi connectivity index (χ2n) is 5.22. The number of halogens is 1. The van der Waals surface area contributed by atoms with Crippen molar-refractivity contribution in [1.82, 2.24) is 15.0 Å². The van der Waals surface area contributed by atoms with Crippen LogP contribution < -0.4 is 4.74 Å². The van der Waals surface area contributed by atoms with Crippen LogP contribution in [0.3, 0.4) is 0 Å². The molecule has 4 nitrogen and oxygen atoms in total. The van der Waals surface area contributed by atoms with Crippen molar-refractivity contribution in [1.29, 1.82) is 0 Å². The molecular formula is C18H12ClN3O. The summed E-state index contributed by atoms with van der Waals surface area (Å²) in [5.41, 5.74) is 3.73. The van der Waals surface area contributed by atoms with Crippen molar-refractivity contribution in [2.45, 2.75) is 0 Å². The van der Waals surface area contributed by atoms with Crippen molar-refractivity contribution in [3.63, 3.8) is 0 Å². The number of fused-ring (bicyclic) bond motifs is 1. The molecule has 0 atom stereocenters. The van der Waals surface area contributed by atoms with E-state index in [4.69, 9.17) is 16.3 Å². The second-order valence-corrected chi connectivity index (χ2v) is 5.56. The predicted molar refractivity (Wildman–Crippen MR) is 90.2 cm³/mol. The average molecular weight is 322 g/mol. The first kappa shape index (κ1) is 13.9. The third-order valence-corrected chi connectivity index (χ3v) is 3.83. The Labute approximate surface area is 138 Å². The van der Waals surface area contributed by atoms with Crippen LogP contribution in [0.25, 0.3) is 28.3 Å². The normalized spacial score (nSPS) is 12.8. The van der Waals surface area contributed by atoms with Crippen molar-refractivity contribution >= 4 is 17.2 Å².